The first-order valence-electron chi connectivity index (χ1n) is 6.37. The molecule has 2 rings (SSSR count). The minimum atomic E-state index is -0.475. The average molecular weight is 370 g/mol. The van der Waals surface area contributed by atoms with Crippen molar-refractivity contribution in [2.45, 2.75) is 31.5 Å². The third kappa shape index (κ3) is 4.86. The standard InChI is InChI=1S/C14H16BrN3O2S/c1-14(2,3)20-11(19)8-21-13-16-12(17-18-13)9-6-4-5-7-10(9)15/h4-7H,8H2,1-3H3,(H,16,17,18). The second kappa shape index (κ2) is 6.62. The Balaban J connectivity index is 1.98. The Morgan fingerprint density at radius 1 is 1.38 bits per heavy atom. The van der Waals surface area contributed by atoms with Crippen molar-refractivity contribution in [1.29, 1.82) is 0 Å². The molecule has 0 aliphatic heterocycles. The number of benzene rings is 1. The van der Waals surface area contributed by atoms with Gasteiger partial charge in [-0.1, -0.05) is 45.9 Å². The van der Waals surface area contributed by atoms with E-state index in [-0.39, 0.29) is 11.7 Å². The highest BCUT2D eigenvalue weighted by atomic mass is 79.9. The Morgan fingerprint density at radius 2 is 2.10 bits per heavy atom. The molecule has 0 aliphatic carbocycles. The molecule has 2 aromatic rings. The second-order valence-electron chi connectivity index (χ2n) is 5.32. The summed E-state index contributed by atoms with van der Waals surface area (Å²) in [6.45, 7) is 5.52. The van der Waals surface area contributed by atoms with Gasteiger partial charge < -0.3 is 4.74 Å². The quantitative estimate of drug-likeness (QED) is 0.657. The molecule has 1 heterocycles. The number of rotatable bonds is 4. The number of nitrogens with zero attached hydrogens (tertiary/aromatic N) is 2. The predicted octanol–water partition coefficient (Wildman–Crippen LogP) is 3.67. The van der Waals surface area contributed by atoms with Crippen LogP contribution in [0.2, 0.25) is 0 Å². The summed E-state index contributed by atoms with van der Waals surface area (Å²) in [5.41, 5.74) is 0.450. The number of aromatic amines is 1. The lowest BCUT2D eigenvalue weighted by molar-refractivity contribution is -0.151. The molecule has 1 aromatic heterocycles. The number of hydrogen-bond donors (Lipinski definition) is 1. The maximum absolute atomic E-state index is 11.6. The molecule has 21 heavy (non-hydrogen) atoms. The number of hydrogen-bond acceptors (Lipinski definition) is 5. The van der Waals surface area contributed by atoms with Crippen molar-refractivity contribution >= 4 is 33.7 Å². The highest BCUT2D eigenvalue weighted by Crippen LogP contribution is 2.26. The molecule has 0 aliphatic rings. The number of H-pyrrole nitrogens is 1. The maximum atomic E-state index is 11.6. The topological polar surface area (TPSA) is 67.9 Å². The first kappa shape index (κ1) is 16.0. The van der Waals surface area contributed by atoms with Crippen LogP contribution in [0.1, 0.15) is 20.8 Å². The number of carbonyl (C=O) groups is 1. The second-order valence-corrected chi connectivity index (χ2v) is 7.12. The molecule has 0 radical (unpaired) electrons. The predicted molar refractivity (Wildman–Crippen MR) is 86.1 cm³/mol. The van der Waals surface area contributed by atoms with Gasteiger partial charge in [-0.3, -0.25) is 9.89 Å². The van der Waals surface area contributed by atoms with Gasteiger partial charge in [0.05, 0.1) is 5.75 Å². The molecule has 112 valence electrons. The SMILES string of the molecule is CC(C)(C)OC(=O)CSc1n[nH]c(-c2ccccc2Br)n1. The molecule has 0 amide bonds. The van der Waals surface area contributed by atoms with Crippen LogP contribution in [0.15, 0.2) is 33.9 Å². The molecule has 7 heteroatoms. The summed E-state index contributed by atoms with van der Waals surface area (Å²) in [5.74, 6) is 0.568. The normalized spacial score (nSPS) is 11.4. The Morgan fingerprint density at radius 3 is 2.76 bits per heavy atom. The summed E-state index contributed by atoms with van der Waals surface area (Å²) in [6, 6.07) is 7.73. The van der Waals surface area contributed by atoms with Gasteiger partial charge in [0, 0.05) is 10.0 Å². The molecular weight excluding hydrogens is 354 g/mol. The fourth-order valence-electron chi connectivity index (χ4n) is 1.58. The molecule has 0 unspecified atom stereocenters. The van der Waals surface area contributed by atoms with Crippen LogP contribution in [0.4, 0.5) is 0 Å². The van der Waals surface area contributed by atoms with Crippen molar-refractivity contribution in [1.82, 2.24) is 15.2 Å². The van der Waals surface area contributed by atoms with Gasteiger partial charge in [0.2, 0.25) is 5.16 Å². The Bertz CT molecular complexity index is 637. The van der Waals surface area contributed by atoms with Crippen LogP contribution in [0.3, 0.4) is 0 Å². The lowest BCUT2D eigenvalue weighted by Crippen LogP contribution is -2.24. The van der Waals surface area contributed by atoms with Crippen molar-refractivity contribution in [3.05, 3.63) is 28.7 Å². The minimum absolute atomic E-state index is 0.185. The van der Waals surface area contributed by atoms with E-state index in [2.05, 4.69) is 31.1 Å². The van der Waals surface area contributed by atoms with Gasteiger partial charge in [0.15, 0.2) is 5.82 Å². The van der Waals surface area contributed by atoms with Crippen LogP contribution in [0.25, 0.3) is 11.4 Å². The summed E-state index contributed by atoms with van der Waals surface area (Å²) < 4.78 is 6.17. The van der Waals surface area contributed by atoms with Gasteiger partial charge >= 0.3 is 5.97 Å². The molecule has 0 atom stereocenters. The minimum Gasteiger partial charge on any atom is -0.459 e. The molecule has 1 aromatic carbocycles. The molecule has 0 saturated carbocycles. The van der Waals surface area contributed by atoms with Crippen LogP contribution >= 0.6 is 27.7 Å². The van der Waals surface area contributed by atoms with E-state index in [4.69, 9.17) is 4.74 Å². The van der Waals surface area contributed by atoms with E-state index >= 15 is 0 Å². The molecule has 1 N–H and O–H groups in total. The molecule has 5 nitrogen and oxygen atoms in total. The number of halogens is 1. The van der Waals surface area contributed by atoms with Crippen LogP contribution in [0, 0.1) is 0 Å². The van der Waals surface area contributed by atoms with E-state index in [1.54, 1.807) is 0 Å². The molecule has 0 fully saturated rings. The van der Waals surface area contributed by atoms with Crippen LogP contribution < -0.4 is 0 Å². The number of nitrogens with one attached hydrogen (secondary N) is 1. The fraction of sp³-hybridized carbons (Fsp3) is 0.357. The van der Waals surface area contributed by atoms with Gasteiger partial charge in [-0.25, -0.2) is 4.98 Å². The number of esters is 1. The lowest BCUT2D eigenvalue weighted by atomic mass is 10.2. The third-order valence-corrected chi connectivity index (χ3v) is 3.85. The van der Waals surface area contributed by atoms with Crippen LogP contribution in [0.5, 0.6) is 0 Å². The Hall–Kier alpha value is -1.34. The van der Waals surface area contributed by atoms with Crippen molar-refractivity contribution in [2.24, 2.45) is 0 Å². The van der Waals surface area contributed by atoms with Gasteiger partial charge in [0.25, 0.3) is 0 Å². The zero-order valence-corrected chi connectivity index (χ0v) is 14.4. The number of carbonyl (C=O) groups excluding carboxylic acids is 1. The number of ether oxygens (including phenoxy) is 1. The maximum Gasteiger partial charge on any atom is 0.316 e. The Labute approximate surface area is 136 Å². The molecule has 0 bridgehead atoms. The van der Waals surface area contributed by atoms with E-state index in [9.17, 15) is 4.79 Å². The van der Waals surface area contributed by atoms with E-state index in [1.807, 2.05) is 45.0 Å². The van der Waals surface area contributed by atoms with Crippen LogP contribution in [-0.4, -0.2) is 32.5 Å². The monoisotopic (exact) mass is 369 g/mol. The number of aromatic nitrogens is 3. The summed E-state index contributed by atoms with van der Waals surface area (Å²) in [6.07, 6.45) is 0. The van der Waals surface area contributed by atoms with E-state index in [0.717, 1.165) is 10.0 Å². The van der Waals surface area contributed by atoms with Crippen molar-refractivity contribution < 1.29 is 9.53 Å². The van der Waals surface area contributed by atoms with Crippen LogP contribution in [-0.2, 0) is 9.53 Å². The van der Waals surface area contributed by atoms with Gasteiger partial charge in [0.1, 0.15) is 5.60 Å². The van der Waals surface area contributed by atoms with Gasteiger partial charge in [-0.2, -0.15) is 0 Å². The smallest absolute Gasteiger partial charge is 0.316 e. The average Bonchev–Trinajstić information content (AvgIpc) is 2.83. The van der Waals surface area contributed by atoms with Gasteiger partial charge in [-0.05, 0) is 26.8 Å². The third-order valence-electron chi connectivity index (χ3n) is 2.33. The summed E-state index contributed by atoms with van der Waals surface area (Å²) in [5, 5.41) is 7.49. The van der Waals surface area contributed by atoms with E-state index < -0.39 is 5.60 Å². The van der Waals surface area contributed by atoms with E-state index in [1.165, 1.54) is 11.8 Å². The number of thioether (sulfide) groups is 1. The lowest BCUT2D eigenvalue weighted by Gasteiger charge is -2.18. The summed E-state index contributed by atoms with van der Waals surface area (Å²) in [4.78, 5) is 16.0. The Kier molecular flexibility index (Phi) is 5.05. The summed E-state index contributed by atoms with van der Waals surface area (Å²) in [7, 11) is 0. The molecular formula is C14H16BrN3O2S. The van der Waals surface area contributed by atoms with Crippen molar-refractivity contribution in [2.75, 3.05) is 5.75 Å². The molecule has 0 saturated heterocycles. The molecule has 0 spiro atoms. The van der Waals surface area contributed by atoms with Crippen molar-refractivity contribution in [3.63, 3.8) is 0 Å². The van der Waals surface area contributed by atoms with E-state index in [0.29, 0.717) is 11.0 Å². The highest BCUT2D eigenvalue weighted by molar-refractivity contribution is 9.10. The largest absolute Gasteiger partial charge is 0.459 e. The van der Waals surface area contributed by atoms with Crippen molar-refractivity contribution in [3.8, 4) is 11.4 Å². The first-order chi connectivity index (χ1) is 9.85. The fourth-order valence-corrected chi connectivity index (χ4v) is 2.62. The summed E-state index contributed by atoms with van der Waals surface area (Å²) >= 11 is 4.72. The highest BCUT2D eigenvalue weighted by Gasteiger charge is 2.17. The van der Waals surface area contributed by atoms with Gasteiger partial charge in [-0.15, -0.1) is 5.10 Å². The zero-order chi connectivity index (χ0) is 15.5. The first-order valence-corrected chi connectivity index (χ1v) is 8.15. The zero-order valence-electron chi connectivity index (χ0n) is 12.0.